The SMILES string of the molecule is Cc1nc(-c2cc(C(F)(F)F)cc(C(F)(F)F)c2)sc1C(=O)N1CCC(N2CCCCCC2)CC1. The van der Waals surface area contributed by atoms with E-state index in [1.165, 1.54) is 25.7 Å². The maximum atomic E-state index is 13.2. The molecule has 11 heteroatoms. The molecule has 0 aliphatic carbocycles. The third-order valence-corrected chi connectivity index (χ3v) is 7.93. The number of carbonyl (C=O) groups is 1. The van der Waals surface area contributed by atoms with Gasteiger partial charge in [0, 0.05) is 24.7 Å². The van der Waals surface area contributed by atoms with Crippen LogP contribution in [0, 0.1) is 6.92 Å². The Morgan fingerprint density at radius 3 is 1.94 bits per heavy atom. The van der Waals surface area contributed by atoms with Crippen LogP contribution in [0.25, 0.3) is 10.6 Å². The van der Waals surface area contributed by atoms with E-state index in [1.807, 2.05) is 0 Å². The van der Waals surface area contributed by atoms with Crippen molar-refractivity contribution in [1.29, 1.82) is 0 Å². The molecule has 4 nitrogen and oxygen atoms in total. The first-order chi connectivity index (χ1) is 16.4. The molecule has 3 heterocycles. The number of hydrogen-bond donors (Lipinski definition) is 0. The van der Waals surface area contributed by atoms with Gasteiger partial charge in [-0.25, -0.2) is 4.98 Å². The Morgan fingerprint density at radius 1 is 0.886 bits per heavy atom. The highest BCUT2D eigenvalue weighted by atomic mass is 32.1. The van der Waals surface area contributed by atoms with Crippen molar-refractivity contribution in [3.05, 3.63) is 39.9 Å². The Hall–Kier alpha value is -2.14. The Kier molecular flexibility index (Phi) is 7.47. The Balaban J connectivity index is 1.52. The van der Waals surface area contributed by atoms with E-state index in [-0.39, 0.29) is 27.4 Å². The Bertz CT molecular complexity index is 1020. The summed E-state index contributed by atoms with van der Waals surface area (Å²) >= 11 is 0.837. The number of likely N-dealkylation sites (tertiary alicyclic amines) is 2. The van der Waals surface area contributed by atoms with E-state index in [9.17, 15) is 31.1 Å². The number of halogens is 6. The average Bonchev–Trinajstić information content (AvgIpc) is 3.00. The van der Waals surface area contributed by atoms with Crippen molar-refractivity contribution in [2.75, 3.05) is 26.2 Å². The summed E-state index contributed by atoms with van der Waals surface area (Å²) in [5.74, 6) is -0.274. The number of nitrogens with zero attached hydrogens (tertiary/aromatic N) is 3. The summed E-state index contributed by atoms with van der Waals surface area (Å²) in [6.45, 7) is 4.83. The number of benzene rings is 1. The van der Waals surface area contributed by atoms with E-state index in [2.05, 4.69) is 9.88 Å². The maximum absolute atomic E-state index is 13.2. The van der Waals surface area contributed by atoms with Crippen LogP contribution in [0.3, 0.4) is 0 Å². The largest absolute Gasteiger partial charge is 0.416 e. The lowest BCUT2D eigenvalue weighted by Crippen LogP contribution is -2.47. The normalized spacial score (nSPS) is 19.1. The predicted octanol–water partition coefficient (Wildman–Crippen LogP) is 6.64. The van der Waals surface area contributed by atoms with Crippen LogP contribution in [-0.2, 0) is 12.4 Å². The minimum atomic E-state index is -4.95. The fourth-order valence-corrected chi connectivity index (χ4v) is 5.86. The summed E-state index contributed by atoms with van der Waals surface area (Å²) in [7, 11) is 0. The molecule has 2 aromatic rings. The molecule has 1 aromatic carbocycles. The number of aryl methyl sites for hydroxylation is 1. The lowest BCUT2D eigenvalue weighted by Gasteiger charge is -2.38. The molecule has 4 rings (SSSR count). The molecule has 0 unspecified atom stereocenters. The smallest absolute Gasteiger partial charge is 0.338 e. The van der Waals surface area contributed by atoms with E-state index in [1.54, 1.807) is 11.8 Å². The van der Waals surface area contributed by atoms with Crippen LogP contribution >= 0.6 is 11.3 Å². The van der Waals surface area contributed by atoms with Gasteiger partial charge in [-0.1, -0.05) is 12.8 Å². The highest BCUT2D eigenvalue weighted by molar-refractivity contribution is 7.17. The Labute approximate surface area is 203 Å². The van der Waals surface area contributed by atoms with E-state index >= 15 is 0 Å². The monoisotopic (exact) mass is 519 g/mol. The quantitative estimate of drug-likeness (QED) is 0.427. The average molecular weight is 520 g/mol. The summed E-state index contributed by atoms with van der Waals surface area (Å²) in [5.41, 5.74) is -2.81. The number of hydrogen-bond acceptors (Lipinski definition) is 4. The van der Waals surface area contributed by atoms with Crippen molar-refractivity contribution in [1.82, 2.24) is 14.8 Å². The van der Waals surface area contributed by atoms with Crippen molar-refractivity contribution in [3.63, 3.8) is 0 Å². The summed E-state index contributed by atoms with van der Waals surface area (Å²) < 4.78 is 79.5. The van der Waals surface area contributed by atoms with Gasteiger partial charge in [0.25, 0.3) is 5.91 Å². The van der Waals surface area contributed by atoms with Gasteiger partial charge in [0.05, 0.1) is 16.8 Å². The van der Waals surface area contributed by atoms with Gasteiger partial charge in [0.2, 0.25) is 0 Å². The number of rotatable bonds is 3. The topological polar surface area (TPSA) is 36.4 Å². The molecule has 2 aliphatic rings. The van der Waals surface area contributed by atoms with Gasteiger partial charge >= 0.3 is 12.4 Å². The summed E-state index contributed by atoms with van der Waals surface area (Å²) in [6.07, 6.45) is -3.33. The molecule has 2 aliphatic heterocycles. The van der Waals surface area contributed by atoms with Gasteiger partial charge in [0.1, 0.15) is 9.88 Å². The number of thiazole rings is 1. The van der Waals surface area contributed by atoms with Crippen LogP contribution < -0.4 is 0 Å². The van der Waals surface area contributed by atoms with E-state index in [0.717, 1.165) is 37.3 Å². The van der Waals surface area contributed by atoms with Crippen molar-refractivity contribution in [2.45, 2.75) is 63.8 Å². The molecule has 2 saturated heterocycles. The number of alkyl halides is 6. The third kappa shape index (κ3) is 5.99. The highest BCUT2D eigenvalue weighted by Gasteiger charge is 2.37. The molecule has 2 fully saturated rings. The second-order valence-corrected chi connectivity index (χ2v) is 10.2. The zero-order valence-electron chi connectivity index (χ0n) is 19.3. The molecular weight excluding hydrogens is 492 g/mol. The van der Waals surface area contributed by atoms with Crippen molar-refractivity contribution in [2.24, 2.45) is 0 Å². The molecular formula is C24H27F6N3OS. The first-order valence-corrected chi connectivity index (χ1v) is 12.6. The fourth-order valence-electron chi connectivity index (χ4n) is 4.83. The highest BCUT2D eigenvalue weighted by Crippen LogP contribution is 2.40. The van der Waals surface area contributed by atoms with Crippen molar-refractivity contribution < 1.29 is 31.1 Å². The van der Waals surface area contributed by atoms with Gasteiger partial charge < -0.3 is 9.80 Å². The lowest BCUT2D eigenvalue weighted by atomic mass is 10.0. The minimum Gasteiger partial charge on any atom is -0.338 e. The van der Waals surface area contributed by atoms with Gasteiger partial charge in [-0.2, -0.15) is 26.3 Å². The molecule has 0 bridgehead atoms. The molecule has 1 aromatic heterocycles. The van der Waals surface area contributed by atoms with E-state index in [0.29, 0.717) is 37.0 Å². The number of piperidine rings is 1. The molecule has 0 saturated carbocycles. The van der Waals surface area contributed by atoms with E-state index < -0.39 is 23.5 Å². The molecule has 0 N–H and O–H groups in total. The van der Waals surface area contributed by atoms with Gasteiger partial charge in [-0.15, -0.1) is 11.3 Å². The fraction of sp³-hybridized carbons (Fsp3) is 0.583. The van der Waals surface area contributed by atoms with Gasteiger partial charge in [0.15, 0.2) is 0 Å². The molecule has 0 radical (unpaired) electrons. The summed E-state index contributed by atoms with van der Waals surface area (Å²) in [4.78, 5) is 21.8. The van der Waals surface area contributed by atoms with Crippen molar-refractivity contribution in [3.8, 4) is 10.6 Å². The zero-order chi connectivity index (χ0) is 25.4. The molecule has 35 heavy (non-hydrogen) atoms. The number of carbonyl (C=O) groups excluding carboxylic acids is 1. The van der Waals surface area contributed by atoms with E-state index in [4.69, 9.17) is 0 Å². The van der Waals surface area contributed by atoms with Crippen LogP contribution in [0.1, 0.15) is 65.0 Å². The molecule has 0 atom stereocenters. The van der Waals surface area contributed by atoms with Crippen LogP contribution in [0.5, 0.6) is 0 Å². The minimum absolute atomic E-state index is 0.0399. The van der Waals surface area contributed by atoms with Crippen LogP contribution in [-0.4, -0.2) is 52.9 Å². The van der Waals surface area contributed by atoms with Crippen LogP contribution in [0.4, 0.5) is 26.3 Å². The van der Waals surface area contributed by atoms with Crippen molar-refractivity contribution >= 4 is 17.2 Å². The summed E-state index contributed by atoms with van der Waals surface area (Å²) in [5, 5.41) is -0.0399. The number of aromatic nitrogens is 1. The van der Waals surface area contributed by atoms with Gasteiger partial charge in [-0.05, 0) is 63.9 Å². The first-order valence-electron chi connectivity index (χ1n) is 11.7. The predicted molar refractivity (Wildman–Crippen MR) is 121 cm³/mol. The maximum Gasteiger partial charge on any atom is 0.416 e. The first kappa shape index (κ1) is 25.9. The van der Waals surface area contributed by atoms with Crippen LogP contribution in [0.15, 0.2) is 18.2 Å². The number of amides is 1. The standard InChI is InChI=1S/C24H27F6N3OS/c1-15-20(22(34)33-10-6-19(7-11-33)32-8-4-2-3-5-9-32)35-21(31-15)16-12-17(23(25,26)27)14-18(13-16)24(28,29)30/h12-14,19H,2-11H2,1H3. The van der Waals surface area contributed by atoms with Gasteiger partial charge in [-0.3, -0.25) is 4.79 Å². The molecule has 0 spiro atoms. The molecule has 192 valence electrons. The second kappa shape index (κ2) is 10.1. The summed E-state index contributed by atoms with van der Waals surface area (Å²) in [6, 6.07) is 1.81. The van der Waals surface area contributed by atoms with Crippen LogP contribution in [0.2, 0.25) is 0 Å². The lowest BCUT2D eigenvalue weighted by molar-refractivity contribution is -0.143. The Morgan fingerprint density at radius 2 is 1.43 bits per heavy atom. The third-order valence-electron chi connectivity index (χ3n) is 6.73. The second-order valence-electron chi connectivity index (χ2n) is 9.20. The molecule has 1 amide bonds. The zero-order valence-corrected chi connectivity index (χ0v) is 20.1.